The fourth-order valence-electron chi connectivity index (χ4n) is 8.94. The zero-order chi connectivity index (χ0) is 44.1. The Balaban J connectivity index is 0.876. The Hall–Kier alpha value is -1.96. The van der Waals surface area contributed by atoms with E-state index in [9.17, 15) is 39.9 Å². The van der Waals surface area contributed by atoms with E-state index in [2.05, 4.69) is 21.3 Å². The molecule has 0 aromatic heterocycles. The summed E-state index contributed by atoms with van der Waals surface area (Å²) in [6, 6.07) is -3.14. The van der Waals surface area contributed by atoms with E-state index in [-0.39, 0.29) is 49.3 Å². The molecular formula is C40H74N8O12S. The second kappa shape index (κ2) is 24.9. The van der Waals surface area contributed by atoms with Crippen molar-refractivity contribution in [3.63, 3.8) is 0 Å². The zero-order valence-corrected chi connectivity index (χ0v) is 36.1. The number of urea groups is 1. The number of hydrogen-bond donors (Lipinski definition) is 13. The van der Waals surface area contributed by atoms with Gasteiger partial charge in [0, 0.05) is 49.0 Å². The molecule has 0 aromatic carbocycles. The van der Waals surface area contributed by atoms with E-state index in [4.69, 9.17) is 41.9 Å². The number of aliphatic hydroxyl groups excluding tert-OH is 5. The maximum absolute atomic E-state index is 12.6. The van der Waals surface area contributed by atoms with Gasteiger partial charge < -0.3 is 88.7 Å². The topological polar surface area (TPSA) is 341 Å². The highest BCUT2D eigenvalue weighted by molar-refractivity contribution is 8.00. The Morgan fingerprint density at radius 1 is 0.705 bits per heavy atom. The molecule has 352 valence electrons. The molecule has 1 aliphatic carbocycles. The van der Waals surface area contributed by atoms with Gasteiger partial charge in [0.05, 0.1) is 36.9 Å². The molecule has 1 saturated carbocycles. The smallest absolute Gasteiger partial charge is 0.315 e. The third kappa shape index (κ3) is 14.5. The third-order valence-corrected chi connectivity index (χ3v) is 14.2. The van der Waals surface area contributed by atoms with Gasteiger partial charge in [-0.3, -0.25) is 9.59 Å². The van der Waals surface area contributed by atoms with Gasteiger partial charge in [-0.05, 0) is 38.5 Å². The van der Waals surface area contributed by atoms with Crippen LogP contribution in [0.2, 0.25) is 0 Å². The minimum Gasteiger partial charge on any atom is -0.394 e. The van der Waals surface area contributed by atoms with Crippen LogP contribution < -0.4 is 44.2 Å². The molecule has 17 N–H and O–H groups in total. The van der Waals surface area contributed by atoms with Crippen LogP contribution in [0.25, 0.3) is 0 Å². The van der Waals surface area contributed by atoms with Crippen LogP contribution in [0.4, 0.5) is 4.79 Å². The van der Waals surface area contributed by atoms with E-state index in [0.717, 1.165) is 82.8 Å². The van der Waals surface area contributed by atoms with E-state index in [1.807, 2.05) is 11.8 Å². The van der Waals surface area contributed by atoms with Crippen molar-refractivity contribution in [3.05, 3.63) is 0 Å². The molecule has 61 heavy (non-hydrogen) atoms. The molecule has 4 aliphatic heterocycles. The minimum atomic E-state index is -1.49. The number of rotatable bonds is 24. The van der Waals surface area contributed by atoms with Crippen molar-refractivity contribution in [2.45, 2.75) is 206 Å². The van der Waals surface area contributed by atoms with E-state index >= 15 is 0 Å². The predicted molar refractivity (Wildman–Crippen MR) is 225 cm³/mol. The first kappa shape index (κ1) is 50.0. The number of amides is 4. The number of nitrogens with two attached hydrogens (primary N) is 4. The molecule has 21 heteroatoms. The molecule has 0 aromatic rings. The fourth-order valence-corrected chi connectivity index (χ4v) is 10.5. The standard InChI is InChI=1S/C40H74N8O12S/c41-21-16-22(42)37(60-39-34(54)31(44)33(53)27(19-49)58-39)35(55)36(21)59-38-23(43)17-25(50)26(57-38)18-46-30(52)13-8-6-4-2-1-3-5-7-11-15-45-29(51)14-10-9-12-28-32-24(20-61-28)47-40(56)48-32/h21-28,31-39,49-50,53-55H,1-20,41-44H2,(H,45,51)(H,46,52)(H2,47,48,56)/t21-,22-,23-,24+,25+,26+,27-,28+,31+,32+,33-,34+,35+,36-,37-,38-,39-/m1/s1. The quantitative estimate of drug-likeness (QED) is 0.0355. The summed E-state index contributed by atoms with van der Waals surface area (Å²) < 4.78 is 23.5. The number of thioether (sulfide) groups is 1. The summed E-state index contributed by atoms with van der Waals surface area (Å²) in [6.45, 7) is 0.159. The highest BCUT2D eigenvalue weighted by atomic mass is 32.2. The number of fused-ring (bicyclic) bond motifs is 1. The van der Waals surface area contributed by atoms with Crippen molar-refractivity contribution in [2.24, 2.45) is 22.9 Å². The van der Waals surface area contributed by atoms with E-state index < -0.39 is 92.2 Å². The molecule has 5 rings (SSSR count). The van der Waals surface area contributed by atoms with Gasteiger partial charge >= 0.3 is 6.03 Å². The molecule has 4 saturated heterocycles. The Morgan fingerprint density at radius 3 is 1.97 bits per heavy atom. The van der Waals surface area contributed by atoms with Crippen molar-refractivity contribution in [1.82, 2.24) is 21.3 Å². The molecule has 17 atom stereocenters. The second-order valence-corrected chi connectivity index (χ2v) is 18.8. The van der Waals surface area contributed by atoms with Crippen molar-refractivity contribution in [2.75, 3.05) is 25.4 Å². The van der Waals surface area contributed by atoms with Crippen LogP contribution in [0.1, 0.15) is 103 Å². The van der Waals surface area contributed by atoms with Crippen molar-refractivity contribution in [1.29, 1.82) is 0 Å². The van der Waals surface area contributed by atoms with Crippen LogP contribution in [0, 0.1) is 0 Å². The van der Waals surface area contributed by atoms with Crippen LogP contribution in [0.15, 0.2) is 0 Å². The number of nitrogens with one attached hydrogen (secondary N) is 4. The van der Waals surface area contributed by atoms with Gasteiger partial charge in [-0.15, -0.1) is 0 Å². The summed E-state index contributed by atoms with van der Waals surface area (Å²) in [5, 5.41) is 64.6. The monoisotopic (exact) mass is 891 g/mol. The summed E-state index contributed by atoms with van der Waals surface area (Å²) in [5.74, 6) is 0.913. The number of unbranched alkanes of at least 4 members (excludes halogenated alkanes) is 9. The lowest BCUT2D eigenvalue weighted by atomic mass is 9.84. The van der Waals surface area contributed by atoms with Gasteiger partial charge in [-0.1, -0.05) is 51.4 Å². The zero-order valence-electron chi connectivity index (χ0n) is 35.3. The summed E-state index contributed by atoms with van der Waals surface area (Å²) in [6.07, 6.45) is 1.36. The molecule has 20 nitrogen and oxygen atoms in total. The molecule has 0 spiro atoms. The number of aliphatic hydroxyl groups is 5. The first-order valence-electron chi connectivity index (χ1n) is 22.5. The molecule has 4 heterocycles. The Morgan fingerprint density at radius 2 is 1.30 bits per heavy atom. The largest absolute Gasteiger partial charge is 0.394 e. The summed E-state index contributed by atoms with van der Waals surface area (Å²) in [4.78, 5) is 36.4. The Kier molecular flexibility index (Phi) is 20.4. The average molecular weight is 891 g/mol. The summed E-state index contributed by atoms with van der Waals surface area (Å²) in [5.41, 5.74) is 24.8. The molecule has 5 fully saturated rings. The van der Waals surface area contributed by atoms with Gasteiger partial charge in [-0.2, -0.15) is 11.8 Å². The van der Waals surface area contributed by atoms with E-state index in [1.54, 1.807) is 0 Å². The van der Waals surface area contributed by atoms with Gasteiger partial charge in [0.15, 0.2) is 12.6 Å². The lowest BCUT2D eigenvalue weighted by Crippen LogP contribution is -2.68. The van der Waals surface area contributed by atoms with Crippen LogP contribution >= 0.6 is 11.8 Å². The van der Waals surface area contributed by atoms with Crippen LogP contribution in [-0.2, 0) is 28.5 Å². The molecule has 4 amide bonds. The predicted octanol–water partition coefficient (Wildman–Crippen LogP) is -2.40. The lowest BCUT2D eigenvalue weighted by Gasteiger charge is -2.47. The normalized spacial score (nSPS) is 38.7. The highest BCUT2D eigenvalue weighted by Crippen LogP contribution is 2.34. The van der Waals surface area contributed by atoms with Crippen molar-refractivity contribution in [3.8, 4) is 0 Å². The van der Waals surface area contributed by atoms with Crippen molar-refractivity contribution >= 4 is 29.6 Å². The van der Waals surface area contributed by atoms with Crippen molar-refractivity contribution < 1.29 is 58.9 Å². The molecule has 0 bridgehead atoms. The number of carbonyl (C=O) groups is 3. The number of hydrogen-bond acceptors (Lipinski definition) is 17. The lowest BCUT2D eigenvalue weighted by molar-refractivity contribution is -0.315. The first-order valence-corrected chi connectivity index (χ1v) is 23.5. The number of carbonyl (C=O) groups excluding carboxylic acids is 3. The van der Waals surface area contributed by atoms with Gasteiger partial charge in [0.25, 0.3) is 0 Å². The van der Waals surface area contributed by atoms with Gasteiger partial charge in [0.2, 0.25) is 11.8 Å². The van der Waals surface area contributed by atoms with Crippen LogP contribution in [0.5, 0.6) is 0 Å². The fraction of sp³-hybridized carbons (Fsp3) is 0.925. The Labute approximate surface area is 363 Å². The molecule has 0 radical (unpaired) electrons. The second-order valence-electron chi connectivity index (χ2n) is 17.5. The van der Waals surface area contributed by atoms with Gasteiger partial charge in [0.1, 0.15) is 42.7 Å². The summed E-state index contributed by atoms with van der Waals surface area (Å²) in [7, 11) is 0. The van der Waals surface area contributed by atoms with E-state index in [0.29, 0.717) is 24.6 Å². The number of ether oxygens (including phenoxy) is 4. The highest BCUT2D eigenvalue weighted by Gasteiger charge is 2.50. The maximum Gasteiger partial charge on any atom is 0.315 e. The van der Waals surface area contributed by atoms with E-state index in [1.165, 1.54) is 0 Å². The molecular weight excluding hydrogens is 817 g/mol. The minimum absolute atomic E-state index is 0.0305. The first-order chi connectivity index (χ1) is 29.3. The SMILES string of the molecule is N[C@@H]1[C@H](O)[C@@H](O[C@H]2[C@@H](O)[C@H](O[C@H]3O[C@@H](CNC(=O)CCCCCCCCCCCNC(=O)CCCC[C@@H]4SC[C@@H]5NC(=O)N[C@@H]54)[C@@H](O)C[C@H]3N)[C@H](N)C[C@H]2N)O[C@H](CO)[C@H]1O. The molecule has 5 aliphatic rings. The van der Waals surface area contributed by atoms with Gasteiger partial charge in [-0.25, -0.2) is 4.79 Å². The van der Waals surface area contributed by atoms with Crippen LogP contribution in [-0.4, -0.2) is 172 Å². The summed E-state index contributed by atoms with van der Waals surface area (Å²) >= 11 is 1.90. The average Bonchev–Trinajstić information content (AvgIpc) is 3.79. The Bertz CT molecular complexity index is 1360. The third-order valence-electron chi connectivity index (χ3n) is 12.7. The van der Waals surface area contributed by atoms with Crippen LogP contribution in [0.3, 0.4) is 0 Å². The molecule has 0 unspecified atom stereocenters. The maximum atomic E-state index is 12.6.